The van der Waals surface area contributed by atoms with Gasteiger partial charge in [0.1, 0.15) is 12.4 Å². The number of benzene rings is 1. The van der Waals surface area contributed by atoms with Crippen molar-refractivity contribution in [1.29, 1.82) is 0 Å². The summed E-state index contributed by atoms with van der Waals surface area (Å²) >= 11 is 0. The number of aliphatic imine (C=N–C) groups is 1. The van der Waals surface area contributed by atoms with E-state index in [1.807, 2.05) is 61.2 Å². The minimum Gasteiger partial charge on any atom is -0.487 e. The first-order valence-corrected chi connectivity index (χ1v) is 10.4. The summed E-state index contributed by atoms with van der Waals surface area (Å²) in [6.45, 7) is 6.46. The Kier molecular flexibility index (Phi) is 10.0. The standard InChI is InChI=1S/C23H31N5O2.HI/c1-17(2)22(29)28-12-10-19(15-28)27-23(24-3)26-14-18-7-6-9-21(13-18)30-16-20-8-4-5-11-25-20;/h4-9,11,13,17,19H,10,12,14-16H2,1-3H3,(H2,24,26,27);1H. The molecule has 2 aromatic rings. The second-order valence-electron chi connectivity index (χ2n) is 7.75. The summed E-state index contributed by atoms with van der Waals surface area (Å²) in [6.07, 6.45) is 2.69. The first-order valence-electron chi connectivity index (χ1n) is 10.4. The second kappa shape index (κ2) is 12.5. The maximum absolute atomic E-state index is 12.2. The number of guanidine groups is 1. The molecule has 1 aliphatic rings. The van der Waals surface area contributed by atoms with E-state index in [1.165, 1.54) is 0 Å². The average molecular weight is 537 g/mol. The summed E-state index contributed by atoms with van der Waals surface area (Å²) in [4.78, 5) is 22.7. The van der Waals surface area contributed by atoms with Gasteiger partial charge in [-0.05, 0) is 36.2 Å². The number of pyridine rings is 1. The van der Waals surface area contributed by atoms with E-state index in [-0.39, 0.29) is 41.8 Å². The van der Waals surface area contributed by atoms with Crippen molar-refractivity contribution in [2.24, 2.45) is 10.9 Å². The van der Waals surface area contributed by atoms with Crippen LogP contribution in [0.5, 0.6) is 5.75 Å². The number of carbonyl (C=O) groups excluding carboxylic acids is 1. The molecule has 1 aromatic carbocycles. The summed E-state index contributed by atoms with van der Waals surface area (Å²) < 4.78 is 5.85. The number of amides is 1. The van der Waals surface area contributed by atoms with Gasteiger partial charge in [0, 0.05) is 44.8 Å². The lowest BCUT2D eigenvalue weighted by atomic mass is 10.2. The number of nitrogens with zero attached hydrogens (tertiary/aromatic N) is 3. The second-order valence-corrected chi connectivity index (χ2v) is 7.75. The SMILES string of the molecule is CN=C(NCc1cccc(OCc2ccccn2)c1)NC1CCN(C(=O)C(C)C)C1.I. The first-order chi connectivity index (χ1) is 14.5. The lowest BCUT2D eigenvalue weighted by molar-refractivity contribution is -0.133. The minimum atomic E-state index is 0. The van der Waals surface area contributed by atoms with Crippen molar-refractivity contribution in [2.75, 3.05) is 20.1 Å². The predicted octanol–water partition coefficient (Wildman–Crippen LogP) is 3.20. The van der Waals surface area contributed by atoms with Crippen LogP contribution in [0.25, 0.3) is 0 Å². The van der Waals surface area contributed by atoms with Gasteiger partial charge < -0.3 is 20.3 Å². The molecule has 1 fully saturated rings. The Balaban J connectivity index is 0.00000341. The summed E-state index contributed by atoms with van der Waals surface area (Å²) in [5.74, 6) is 1.79. The highest BCUT2D eigenvalue weighted by Crippen LogP contribution is 2.15. The molecular weight excluding hydrogens is 505 g/mol. The zero-order valence-corrected chi connectivity index (χ0v) is 20.7. The van der Waals surface area contributed by atoms with E-state index < -0.39 is 0 Å². The zero-order chi connectivity index (χ0) is 21.3. The molecule has 1 unspecified atom stereocenters. The van der Waals surface area contributed by atoms with Gasteiger partial charge in [-0.2, -0.15) is 0 Å². The van der Waals surface area contributed by atoms with Gasteiger partial charge in [-0.1, -0.05) is 32.0 Å². The van der Waals surface area contributed by atoms with Gasteiger partial charge in [-0.15, -0.1) is 24.0 Å². The van der Waals surface area contributed by atoms with Crippen LogP contribution in [0.3, 0.4) is 0 Å². The molecule has 7 nitrogen and oxygen atoms in total. The molecular formula is C23H32IN5O2. The fourth-order valence-corrected chi connectivity index (χ4v) is 3.40. The number of carbonyl (C=O) groups is 1. The minimum absolute atomic E-state index is 0. The molecule has 1 aliphatic heterocycles. The number of rotatable bonds is 7. The number of hydrogen-bond donors (Lipinski definition) is 2. The highest BCUT2D eigenvalue weighted by Gasteiger charge is 2.27. The molecule has 0 bridgehead atoms. The first kappa shape index (κ1) is 24.9. The average Bonchev–Trinajstić information content (AvgIpc) is 3.24. The van der Waals surface area contributed by atoms with E-state index in [1.54, 1.807) is 13.2 Å². The summed E-state index contributed by atoms with van der Waals surface area (Å²) in [5.41, 5.74) is 1.99. The van der Waals surface area contributed by atoms with Crippen molar-refractivity contribution in [3.8, 4) is 5.75 Å². The highest BCUT2D eigenvalue weighted by atomic mass is 127. The van der Waals surface area contributed by atoms with Crippen LogP contribution in [-0.4, -0.2) is 47.9 Å². The highest BCUT2D eigenvalue weighted by molar-refractivity contribution is 14.0. The molecule has 1 amide bonds. The molecule has 0 spiro atoms. The van der Waals surface area contributed by atoms with Crippen molar-refractivity contribution in [3.63, 3.8) is 0 Å². The van der Waals surface area contributed by atoms with E-state index in [4.69, 9.17) is 4.74 Å². The van der Waals surface area contributed by atoms with E-state index in [0.29, 0.717) is 19.7 Å². The Morgan fingerprint density at radius 2 is 2.13 bits per heavy atom. The topological polar surface area (TPSA) is 78.9 Å². The van der Waals surface area contributed by atoms with Crippen molar-refractivity contribution in [1.82, 2.24) is 20.5 Å². The van der Waals surface area contributed by atoms with Crippen LogP contribution in [0.2, 0.25) is 0 Å². The number of ether oxygens (including phenoxy) is 1. The van der Waals surface area contributed by atoms with Crippen molar-refractivity contribution >= 4 is 35.8 Å². The third-order valence-corrected chi connectivity index (χ3v) is 5.03. The number of aromatic nitrogens is 1. The smallest absolute Gasteiger partial charge is 0.225 e. The Labute approximate surface area is 201 Å². The fourth-order valence-electron chi connectivity index (χ4n) is 3.40. The van der Waals surface area contributed by atoms with Crippen LogP contribution in [-0.2, 0) is 17.9 Å². The van der Waals surface area contributed by atoms with Crippen LogP contribution >= 0.6 is 24.0 Å². The van der Waals surface area contributed by atoms with E-state index >= 15 is 0 Å². The maximum atomic E-state index is 12.2. The molecule has 1 aromatic heterocycles. The Bertz CT molecular complexity index is 860. The molecule has 3 rings (SSSR count). The number of halogens is 1. The lowest BCUT2D eigenvalue weighted by Crippen LogP contribution is -2.45. The number of nitrogens with one attached hydrogen (secondary N) is 2. The van der Waals surface area contributed by atoms with E-state index in [0.717, 1.165) is 35.9 Å². The van der Waals surface area contributed by atoms with Crippen LogP contribution in [0.4, 0.5) is 0 Å². The predicted molar refractivity (Wildman–Crippen MR) is 134 cm³/mol. The molecule has 0 radical (unpaired) electrons. The fraction of sp³-hybridized carbons (Fsp3) is 0.435. The lowest BCUT2D eigenvalue weighted by Gasteiger charge is -2.20. The summed E-state index contributed by atoms with van der Waals surface area (Å²) in [5, 5.41) is 6.77. The van der Waals surface area contributed by atoms with Crippen molar-refractivity contribution in [3.05, 3.63) is 59.9 Å². The Morgan fingerprint density at radius 1 is 1.29 bits per heavy atom. The van der Waals surface area contributed by atoms with Gasteiger partial charge in [0.15, 0.2) is 5.96 Å². The molecule has 2 N–H and O–H groups in total. The third-order valence-electron chi connectivity index (χ3n) is 5.03. The Hall–Kier alpha value is -2.36. The van der Waals surface area contributed by atoms with Gasteiger partial charge in [-0.3, -0.25) is 14.8 Å². The molecule has 0 saturated carbocycles. The Morgan fingerprint density at radius 3 is 2.84 bits per heavy atom. The normalized spacial score (nSPS) is 16.1. The molecule has 1 atom stereocenters. The zero-order valence-electron chi connectivity index (χ0n) is 18.4. The van der Waals surface area contributed by atoms with Gasteiger partial charge in [0.05, 0.1) is 5.69 Å². The number of likely N-dealkylation sites (tertiary alicyclic amines) is 1. The summed E-state index contributed by atoms with van der Waals surface area (Å²) in [6, 6.07) is 14.0. The quantitative estimate of drug-likeness (QED) is 0.322. The van der Waals surface area contributed by atoms with Crippen LogP contribution in [0.1, 0.15) is 31.5 Å². The van der Waals surface area contributed by atoms with E-state index in [2.05, 4.69) is 20.6 Å². The summed E-state index contributed by atoms with van der Waals surface area (Å²) in [7, 11) is 1.76. The van der Waals surface area contributed by atoms with Crippen molar-refractivity contribution in [2.45, 2.75) is 39.5 Å². The van der Waals surface area contributed by atoms with E-state index in [9.17, 15) is 4.79 Å². The van der Waals surface area contributed by atoms with Crippen LogP contribution in [0.15, 0.2) is 53.7 Å². The van der Waals surface area contributed by atoms with Gasteiger partial charge in [0.25, 0.3) is 0 Å². The van der Waals surface area contributed by atoms with Gasteiger partial charge >= 0.3 is 0 Å². The number of hydrogen-bond acceptors (Lipinski definition) is 4. The molecule has 0 aliphatic carbocycles. The van der Waals surface area contributed by atoms with Crippen LogP contribution < -0.4 is 15.4 Å². The largest absolute Gasteiger partial charge is 0.487 e. The van der Waals surface area contributed by atoms with Gasteiger partial charge in [-0.25, -0.2) is 0 Å². The maximum Gasteiger partial charge on any atom is 0.225 e. The van der Waals surface area contributed by atoms with Crippen LogP contribution in [0, 0.1) is 5.92 Å². The molecule has 168 valence electrons. The molecule has 1 saturated heterocycles. The molecule has 31 heavy (non-hydrogen) atoms. The monoisotopic (exact) mass is 537 g/mol. The molecule has 8 heteroatoms. The van der Waals surface area contributed by atoms with Gasteiger partial charge in [0.2, 0.25) is 5.91 Å². The molecule has 2 heterocycles. The third kappa shape index (κ3) is 7.68. The van der Waals surface area contributed by atoms with Crippen molar-refractivity contribution < 1.29 is 9.53 Å².